The van der Waals surface area contributed by atoms with Gasteiger partial charge < -0.3 is 13.9 Å². The highest BCUT2D eigenvalue weighted by molar-refractivity contribution is 6.30. The topological polar surface area (TPSA) is 48.7 Å². The molecule has 0 unspecified atom stereocenters. The van der Waals surface area contributed by atoms with Crippen molar-refractivity contribution in [2.24, 2.45) is 0 Å². The SMILES string of the molecule is O=C(/C=C/c1ccc(COc2ccc(F)c(Cl)c2)o1)c1ccc(OC(F)F)cc1. The quantitative estimate of drug-likeness (QED) is 0.323. The molecular weight excluding hydrogens is 409 g/mol. The molecule has 29 heavy (non-hydrogen) atoms. The molecule has 150 valence electrons. The van der Waals surface area contributed by atoms with Gasteiger partial charge >= 0.3 is 6.61 Å². The molecule has 1 aromatic heterocycles. The number of alkyl halides is 2. The molecule has 0 saturated heterocycles. The summed E-state index contributed by atoms with van der Waals surface area (Å²) < 4.78 is 52.6. The van der Waals surface area contributed by atoms with Crippen LogP contribution in [-0.4, -0.2) is 12.4 Å². The zero-order valence-corrected chi connectivity index (χ0v) is 15.5. The Bertz CT molecular complexity index is 1010. The molecule has 3 rings (SSSR count). The van der Waals surface area contributed by atoms with Gasteiger partial charge in [-0.25, -0.2) is 4.39 Å². The Kier molecular flexibility index (Phi) is 6.61. The minimum absolute atomic E-state index is 0.0290. The van der Waals surface area contributed by atoms with Gasteiger partial charge in [0.25, 0.3) is 0 Å². The van der Waals surface area contributed by atoms with Crippen molar-refractivity contribution in [3.05, 3.63) is 88.6 Å². The third-order valence-electron chi connectivity index (χ3n) is 3.72. The molecule has 0 bridgehead atoms. The van der Waals surface area contributed by atoms with Crippen molar-refractivity contribution in [1.82, 2.24) is 0 Å². The number of carbonyl (C=O) groups is 1. The van der Waals surface area contributed by atoms with Crippen molar-refractivity contribution in [3.63, 3.8) is 0 Å². The van der Waals surface area contributed by atoms with Gasteiger partial charge in [0.05, 0.1) is 5.02 Å². The molecule has 0 saturated carbocycles. The van der Waals surface area contributed by atoms with E-state index < -0.39 is 12.4 Å². The Labute approximate surface area is 169 Å². The first kappa shape index (κ1) is 20.5. The number of carbonyl (C=O) groups excluding carboxylic acids is 1. The van der Waals surface area contributed by atoms with Crippen LogP contribution >= 0.6 is 11.6 Å². The predicted molar refractivity (Wildman–Crippen MR) is 101 cm³/mol. The van der Waals surface area contributed by atoms with Crippen molar-refractivity contribution in [1.29, 1.82) is 0 Å². The monoisotopic (exact) mass is 422 g/mol. The summed E-state index contributed by atoms with van der Waals surface area (Å²) in [7, 11) is 0. The Morgan fingerprint density at radius 1 is 1.07 bits per heavy atom. The number of furan rings is 1. The Morgan fingerprint density at radius 3 is 2.48 bits per heavy atom. The first-order valence-corrected chi connectivity index (χ1v) is 8.72. The number of rotatable bonds is 8. The van der Waals surface area contributed by atoms with Crippen LogP contribution in [0.25, 0.3) is 6.08 Å². The molecule has 0 fully saturated rings. The zero-order chi connectivity index (χ0) is 20.8. The normalized spacial score (nSPS) is 11.2. The molecular formula is C21H14ClF3O4. The van der Waals surface area contributed by atoms with E-state index in [9.17, 15) is 18.0 Å². The molecule has 0 N–H and O–H groups in total. The Morgan fingerprint density at radius 2 is 1.79 bits per heavy atom. The van der Waals surface area contributed by atoms with E-state index in [4.69, 9.17) is 20.8 Å². The molecule has 1 heterocycles. The second-order valence-corrected chi connectivity index (χ2v) is 6.18. The maximum atomic E-state index is 13.1. The van der Waals surface area contributed by atoms with E-state index in [2.05, 4.69) is 4.74 Å². The lowest BCUT2D eigenvalue weighted by molar-refractivity contribution is -0.0498. The van der Waals surface area contributed by atoms with E-state index in [0.29, 0.717) is 22.8 Å². The summed E-state index contributed by atoms with van der Waals surface area (Å²) in [6.07, 6.45) is 2.77. The maximum Gasteiger partial charge on any atom is 0.387 e. The average molecular weight is 423 g/mol. The Balaban J connectivity index is 1.56. The third kappa shape index (κ3) is 5.89. The fourth-order valence-electron chi connectivity index (χ4n) is 2.34. The minimum Gasteiger partial charge on any atom is -0.486 e. The van der Waals surface area contributed by atoms with Crippen LogP contribution in [-0.2, 0) is 6.61 Å². The molecule has 3 aromatic rings. The van der Waals surface area contributed by atoms with E-state index in [1.165, 1.54) is 54.6 Å². The zero-order valence-electron chi connectivity index (χ0n) is 14.8. The summed E-state index contributed by atoms with van der Waals surface area (Å²) in [4.78, 5) is 12.1. The lowest BCUT2D eigenvalue weighted by Gasteiger charge is -2.04. The molecule has 0 radical (unpaired) electrons. The molecule has 0 aliphatic carbocycles. The third-order valence-corrected chi connectivity index (χ3v) is 4.01. The number of hydrogen-bond donors (Lipinski definition) is 0. The van der Waals surface area contributed by atoms with Crippen LogP contribution in [0.2, 0.25) is 5.02 Å². The van der Waals surface area contributed by atoms with Crippen LogP contribution in [0.3, 0.4) is 0 Å². The van der Waals surface area contributed by atoms with Gasteiger partial charge in [-0.1, -0.05) is 11.6 Å². The molecule has 0 spiro atoms. The molecule has 0 atom stereocenters. The number of ketones is 1. The predicted octanol–water partition coefficient (Wildman–Crippen LogP) is 6.15. The molecule has 0 aliphatic heterocycles. The van der Waals surface area contributed by atoms with Crippen LogP contribution < -0.4 is 9.47 Å². The van der Waals surface area contributed by atoms with Gasteiger partial charge in [0.1, 0.15) is 35.4 Å². The minimum atomic E-state index is -2.92. The Hall–Kier alpha value is -3.19. The molecule has 8 heteroatoms. The summed E-state index contributed by atoms with van der Waals surface area (Å²) in [5.74, 6) is 0.407. The smallest absolute Gasteiger partial charge is 0.387 e. The van der Waals surface area contributed by atoms with Crippen LogP contribution in [0, 0.1) is 5.82 Å². The summed E-state index contributed by atoms with van der Waals surface area (Å²) in [6, 6.07) is 12.7. The first-order valence-electron chi connectivity index (χ1n) is 8.34. The van der Waals surface area contributed by atoms with Crippen molar-refractivity contribution in [2.75, 3.05) is 0 Å². The molecule has 0 amide bonds. The molecule has 0 aliphatic rings. The lowest BCUT2D eigenvalue weighted by Crippen LogP contribution is -2.02. The largest absolute Gasteiger partial charge is 0.486 e. The fraction of sp³-hybridized carbons (Fsp3) is 0.0952. The van der Waals surface area contributed by atoms with Gasteiger partial charge in [0.15, 0.2) is 5.78 Å². The van der Waals surface area contributed by atoms with Crippen LogP contribution in [0.5, 0.6) is 11.5 Å². The van der Waals surface area contributed by atoms with Crippen molar-refractivity contribution in [2.45, 2.75) is 13.2 Å². The van der Waals surface area contributed by atoms with E-state index in [1.807, 2.05) is 0 Å². The highest BCUT2D eigenvalue weighted by atomic mass is 35.5. The van der Waals surface area contributed by atoms with E-state index >= 15 is 0 Å². The summed E-state index contributed by atoms with van der Waals surface area (Å²) in [6.45, 7) is -2.83. The fourth-order valence-corrected chi connectivity index (χ4v) is 2.51. The number of allylic oxidation sites excluding steroid dienone is 1. The summed E-state index contributed by atoms with van der Waals surface area (Å²) in [5.41, 5.74) is 0.311. The number of ether oxygens (including phenoxy) is 2. The van der Waals surface area contributed by atoms with Gasteiger partial charge in [0.2, 0.25) is 0 Å². The van der Waals surface area contributed by atoms with E-state index in [-0.39, 0.29) is 23.2 Å². The number of halogens is 4. The van der Waals surface area contributed by atoms with Crippen molar-refractivity contribution >= 4 is 23.5 Å². The van der Waals surface area contributed by atoms with Crippen LogP contribution in [0.4, 0.5) is 13.2 Å². The number of hydrogen-bond acceptors (Lipinski definition) is 4. The van der Waals surface area contributed by atoms with Gasteiger partial charge in [-0.05, 0) is 60.7 Å². The highest BCUT2D eigenvalue weighted by Gasteiger charge is 2.07. The highest BCUT2D eigenvalue weighted by Crippen LogP contribution is 2.22. The first-order chi connectivity index (χ1) is 13.9. The molecule has 4 nitrogen and oxygen atoms in total. The maximum absolute atomic E-state index is 13.1. The van der Waals surface area contributed by atoms with E-state index in [1.54, 1.807) is 12.1 Å². The lowest BCUT2D eigenvalue weighted by atomic mass is 10.1. The van der Waals surface area contributed by atoms with Crippen molar-refractivity contribution < 1.29 is 31.9 Å². The van der Waals surface area contributed by atoms with Gasteiger partial charge in [0, 0.05) is 11.6 Å². The van der Waals surface area contributed by atoms with Crippen molar-refractivity contribution in [3.8, 4) is 11.5 Å². The van der Waals surface area contributed by atoms with Gasteiger partial charge in [-0.15, -0.1) is 0 Å². The van der Waals surface area contributed by atoms with Gasteiger partial charge in [-0.2, -0.15) is 8.78 Å². The summed E-state index contributed by atoms with van der Waals surface area (Å²) >= 11 is 5.69. The second-order valence-electron chi connectivity index (χ2n) is 5.77. The van der Waals surface area contributed by atoms with Crippen LogP contribution in [0.15, 0.2) is 65.1 Å². The number of benzene rings is 2. The van der Waals surface area contributed by atoms with Gasteiger partial charge in [-0.3, -0.25) is 4.79 Å². The average Bonchev–Trinajstić information content (AvgIpc) is 3.15. The second kappa shape index (κ2) is 9.34. The standard InChI is InChI=1S/C21H14ClF3O4/c22-18-11-16(7-9-19(18)23)27-12-17-6-5-14(28-17)8-10-20(26)13-1-3-15(4-2-13)29-21(24)25/h1-11,21H,12H2/b10-8+. The van der Waals surface area contributed by atoms with Crippen LogP contribution in [0.1, 0.15) is 21.9 Å². The van der Waals surface area contributed by atoms with E-state index in [0.717, 1.165) is 0 Å². The summed E-state index contributed by atoms with van der Waals surface area (Å²) in [5, 5.41) is -0.0436. The molecule has 2 aromatic carbocycles.